The molecule has 3 aliphatic rings. The van der Waals surface area contributed by atoms with Gasteiger partial charge in [-0.1, -0.05) is 71.3 Å². The molecule has 3 saturated carbocycles. The van der Waals surface area contributed by atoms with Crippen molar-refractivity contribution < 1.29 is 15.3 Å². The minimum absolute atomic E-state index is 0.100. The minimum atomic E-state index is -0.603. The molecule has 0 aromatic carbocycles. The van der Waals surface area contributed by atoms with Gasteiger partial charge in [0, 0.05) is 6.10 Å². The Kier molecular flexibility index (Phi) is 6.36. The van der Waals surface area contributed by atoms with Crippen molar-refractivity contribution in [3.8, 4) is 0 Å². The van der Waals surface area contributed by atoms with E-state index in [1.807, 2.05) is 0 Å². The molecule has 3 aliphatic carbocycles. The van der Waals surface area contributed by atoms with Gasteiger partial charge in [0.1, 0.15) is 0 Å². The van der Waals surface area contributed by atoms with Gasteiger partial charge in [0.05, 0.1) is 6.10 Å². The van der Waals surface area contributed by atoms with Crippen LogP contribution >= 0.6 is 0 Å². The van der Waals surface area contributed by atoms with E-state index >= 15 is 0 Å². The van der Waals surface area contributed by atoms with Crippen molar-refractivity contribution in [3.63, 3.8) is 0 Å². The van der Waals surface area contributed by atoms with Crippen molar-refractivity contribution in [1.29, 1.82) is 0 Å². The van der Waals surface area contributed by atoms with Gasteiger partial charge < -0.3 is 28.7 Å². The highest BCUT2D eigenvalue weighted by atomic mass is 16.3. The standard InChI is InChI=1S/C24H42O3/c1-6-7-15(2)20-8-9-21(24(20,5)16(3)25)19-14-23(4)11-10-18(26)12-17(23)13-22(19)27/h14-22,25-27H,3,6-13H2,1-2,4-5H3/q-2/t15-,16+,17+,18-,19-,20-,21+,22-,23-,24-/m1/s1. The molecule has 0 aliphatic heterocycles. The second-order valence-electron chi connectivity index (χ2n) is 10.6. The smallest absolute Gasteiger partial charge is 0.0541 e. The van der Waals surface area contributed by atoms with Crippen molar-refractivity contribution in [2.75, 3.05) is 0 Å². The Balaban J connectivity index is 1.84. The van der Waals surface area contributed by atoms with Crippen molar-refractivity contribution >= 4 is 0 Å². The highest BCUT2D eigenvalue weighted by Crippen LogP contribution is 2.61. The van der Waals surface area contributed by atoms with E-state index in [-0.39, 0.29) is 34.9 Å². The molecule has 0 amide bonds. The average Bonchev–Trinajstić information content (AvgIpc) is 2.95. The topological polar surface area (TPSA) is 60.7 Å². The van der Waals surface area contributed by atoms with Gasteiger partial charge in [0.15, 0.2) is 0 Å². The lowest BCUT2D eigenvalue weighted by Crippen LogP contribution is -2.52. The number of rotatable bonds is 5. The number of hydrogen-bond acceptors (Lipinski definition) is 3. The maximum atomic E-state index is 11.1. The fraction of sp³-hybridized carbons (Fsp3) is 0.917. The zero-order chi connectivity index (χ0) is 20.0. The van der Waals surface area contributed by atoms with E-state index in [1.165, 1.54) is 12.8 Å². The Hall–Kier alpha value is -0.120. The molecule has 0 radical (unpaired) electrons. The summed E-state index contributed by atoms with van der Waals surface area (Å²) in [5.74, 6) is 1.83. The molecule has 158 valence electrons. The summed E-state index contributed by atoms with van der Waals surface area (Å²) in [7, 11) is 0. The van der Waals surface area contributed by atoms with Crippen LogP contribution in [0.15, 0.2) is 0 Å². The summed E-state index contributed by atoms with van der Waals surface area (Å²) < 4.78 is 0. The van der Waals surface area contributed by atoms with E-state index in [2.05, 4.69) is 41.0 Å². The third-order valence-electron chi connectivity index (χ3n) is 9.05. The molecular weight excluding hydrogens is 336 g/mol. The molecule has 0 bridgehead atoms. The van der Waals surface area contributed by atoms with Gasteiger partial charge in [-0.05, 0) is 42.9 Å². The first-order chi connectivity index (χ1) is 12.6. The van der Waals surface area contributed by atoms with Gasteiger partial charge in [-0.3, -0.25) is 0 Å². The lowest BCUT2D eigenvalue weighted by atomic mass is 9.52. The summed E-state index contributed by atoms with van der Waals surface area (Å²) in [6.45, 7) is 13.2. The summed E-state index contributed by atoms with van der Waals surface area (Å²) in [5, 5.41) is 32.0. The van der Waals surface area contributed by atoms with Gasteiger partial charge in [0.2, 0.25) is 0 Å². The van der Waals surface area contributed by atoms with Gasteiger partial charge in [-0.2, -0.15) is 5.41 Å². The summed E-state index contributed by atoms with van der Waals surface area (Å²) >= 11 is 0. The molecule has 3 rings (SSSR count). The van der Waals surface area contributed by atoms with Crippen LogP contribution < -0.4 is 0 Å². The van der Waals surface area contributed by atoms with E-state index in [1.54, 1.807) is 0 Å². The fourth-order valence-electron chi connectivity index (χ4n) is 7.28. The summed E-state index contributed by atoms with van der Waals surface area (Å²) in [4.78, 5) is 0. The zero-order valence-electron chi connectivity index (χ0n) is 17.9. The van der Waals surface area contributed by atoms with Crippen LogP contribution in [0, 0.1) is 53.8 Å². The van der Waals surface area contributed by atoms with Crippen LogP contribution in [0.25, 0.3) is 0 Å². The Morgan fingerprint density at radius 3 is 2.48 bits per heavy atom. The molecular formula is C24H42O3-2. The number of hydrogen-bond donors (Lipinski definition) is 3. The lowest BCUT2D eigenvalue weighted by Gasteiger charge is -2.62. The number of aliphatic hydroxyl groups excluding tert-OH is 3. The number of aliphatic hydroxyl groups is 3. The van der Waals surface area contributed by atoms with E-state index in [0.29, 0.717) is 17.8 Å². The Labute approximate surface area is 166 Å². The monoisotopic (exact) mass is 378 g/mol. The molecule has 10 atom stereocenters. The Morgan fingerprint density at radius 2 is 1.85 bits per heavy atom. The highest BCUT2D eigenvalue weighted by Gasteiger charge is 2.52. The van der Waals surface area contributed by atoms with E-state index < -0.39 is 6.10 Å². The quantitative estimate of drug-likeness (QED) is 0.621. The van der Waals surface area contributed by atoms with Gasteiger partial charge in [-0.25, -0.2) is 0 Å². The Bertz CT molecular complexity index is 506. The molecule has 3 nitrogen and oxygen atoms in total. The molecule has 0 spiro atoms. The normalized spacial score (nSPS) is 50.2. The predicted molar refractivity (Wildman–Crippen MR) is 110 cm³/mol. The first-order valence-electron chi connectivity index (χ1n) is 11.4. The summed E-state index contributed by atoms with van der Waals surface area (Å²) in [6, 6.07) is 0. The van der Waals surface area contributed by atoms with E-state index in [9.17, 15) is 15.3 Å². The molecule has 27 heavy (non-hydrogen) atoms. The van der Waals surface area contributed by atoms with Crippen LogP contribution in [-0.4, -0.2) is 33.6 Å². The second-order valence-corrected chi connectivity index (χ2v) is 10.6. The van der Waals surface area contributed by atoms with Gasteiger partial charge in [0.25, 0.3) is 0 Å². The highest BCUT2D eigenvalue weighted by molar-refractivity contribution is 5.13. The van der Waals surface area contributed by atoms with Crippen LogP contribution in [-0.2, 0) is 0 Å². The average molecular weight is 379 g/mol. The summed E-state index contributed by atoms with van der Waals surface area (Å²) in [5.41, 5.74) is -0.141. The lowest BCUT2D eigenvalue weighted by molar-refractivity contribution is -0.0901. The maximum absolute atomic E-state index is 11.1. The molecule has 0 heterocycles. The first kappa shape index (κ1) is 21.6. The van der Waals surface area contributed by atoms with Crippen LogP contribution in [0.3, 0.4) is 0 Å². The Morgan fingerprint density at radius 1 is 1.15 bits per heavy atom. The predicted octanol–water partition coefficient (Wildman–Crippen LogP) is 4.40. The van der Waals surface area contributed by atoms with Crippen LogP contribution in [0.5, 0.6) is 0 Å². The molecule has 0 aromatic heterocycles. The van der Waals surface area contributed by atoms with Crippen molar-refractivity contribution in [2.45, 2.75) is 97.4 Å². The molecule has 3 N–H and O–H groups in total. The van der Waals surface area contributed by atoms with E-state index in [0.717, 1.165) is 38.5 Å². The fourth-order valence-corrected chi connectivity index (χ4v) is 7.28. The molecule has 3 heteroatoms. The third kappa shape index (κ3) is 3.73. The number of fused-ring (bicyclic) bond motifs is 1. The second kappa shape index (κ2) is 7.95. The summed E-state index contributed by atoms with van der Waals surface area (Å²) in [6.07, 6.45) is 9.29. The van der Waals surface area contributed by atoms with Crippen molar-refractivity contribution in [2.24, 2.45) is 40.4 Å². The molecule has 0 aromatic rings. The van der Waals surface area contributed by atoms with E-state index in [4.69, 9.17) is 0 Å². The SMILES string of the molecule is [CH2-][C@H](O)[C@]1(C)[C@@H]([C@H](C)CCC)CC[C@H]1[C@H]1[CH-][C@@]2(C)CC[C@@H](O)C[C@H]2C[C@H]1O. The van der Waals surface area contributed by atoms with Crippen LogP contribution in [0.4, 0.5) is 0 Å². The zero-order valence-corrected chi connectivity index (χ0v) is 17.9. The largest absolute Gasteiger partial charge is 0.425 e. The van der Waals surface area contributed by atoms with Gasteiger partial charge >= 0.3 is 0 Å². The maximum Gasteiger partial charge on any atom is 0.0541 e. The first-order valence-corrected chi connectivity index (χ1v) is 11.4. The molecule has 3 fully saturated rings. The third-order valence-corrected chi connectivity index (χ3v) is 9.05. The van der Waals surface area contributed by atoms with Crippen LogP contribution in [0.2, 0.25) is 0 Å². The molecule has 0 saturated heterocycles. The van der Waals surface area contributed by atoms with Gasteiger partial charge in [-0.15, -0.1) is 5.92 Å². The van der Waals surface area contributed by atoms with Crippen LogP contribution in [0.1, 0.15) is 79.1 Å². The molecule has 0 unspecified atom stereocenters. The minimum Gasteiger partial charge on any atom is -0.425 e. The van der Waals surface area contributed by atoms with Crippen molar-refractivity contribution in [1.82, 2.24) is 0 Å². The van der Waals surface area contributed by atoms with Crippen molar-refractivity contribution in [3.05, 3.63) is 13.3 Å².